The summed E-state index contributed by atoms with van der Waals surface area (Å²) < 4.78 is 1.65. The van der Waals surface area contributed by atoms with E-state index in [0.717, 1.165) is 16.7 Å². The van der Waals surface area contributed by atoms with Crippen LogP contribution in [0, 0.1) is 34.0 Å². The smallest absolute Gasteiger partial charge is 0.137 e. The van der Waals surface area contributed by atoms with Gasteiger partial charge in [0.25, 0.3) is 0 Å². The Balaban J connectivity index is 2.83. The standard InChI is InChI=1S/C18H18N6/c1-17(2,9-20)15-5-13(7-19)6-16(18(3,4)10-21)14(15)8-24-12-22-11-23-24/h5-6,11-12H,8H2,1-4H3. The molecule has 120 valence electrons. The first-order valence-electron chi connectivity index (χ1n) is 7.48. The molecule has 0 aliphatic heterocycles. The molecule has 0 saturated heterocycles. The minimum Gasteiger partial charge on any atom is -0.249 e. The Morgan fingerprint density at radius 2 is 1.54 bits per heavy atom. The average molecular weight is 318 g/mol. The summed E-state index contributed by atoms with van der Waals surface area (Å²) in [5.41, 5.74) is 1.13. The Morgan fingerprint density at radius 3 is 1.92 bits per heavy atom. The number of benzene rings is 1. The molecule has 0 amide bonds. The van der Waals surface area contributed by atoms with Crippen LogP contribution >= 0.6 is 0 Å². The molecule has 2 rings (SSSR count). The van der Waals surface area contributed by atoms with Crippen LogP contribution in [0.1, 0.15) is 49.9 Å². The van der Waals surface area contributed by atoms with Crippen LogP contribution in [-0.4, -0.2) is 14.8 Å². The number of nitriles is 3. The first-order valence-corrected chi connectivity index (χ1v) is 7.48. The van der Waals surface area contributed by atoms with E-state index in [1.54, 1.807) is 50.8 Å². The first-order chi connectivity index (χ1) is 11.2. The molecule has 6 nitrogen and oxygen atoms in total. The highest BCUT2D eigenvalue weighted by Gasteiger charge is 2.31. The van der Waals surface area contributed by atoms with E-state index in [9.17, 15) is 15.8 Å². The zero-order valence-corrected chi connectivity index (χ0v) is 14.2. The summed E-state index contributed by atoms with van der Waals surface area (Å²) in [6.07, 6.45) is 3.03. The van der Waals surface area contributed by atoms with Crippen LogP contribution in [0.5, 0.6) is 0 Å². The number of hydrogen-bond acceptors (Lipinski definition) is 5. The summed E-state index contributed by atoms with van der Waals surface area (Å²) in [7, 11) is 0. The first kappa shape index (κ1) is 17.2. The molecule has 0 saturated carbocycles. The maximum atomic E-state index is 9.58. The molecular formula is C18H18N6. The molecule has 1 heterocycles. The topological polar surface area (TPSA) is 102 Å². The van der Waals surface area contributed by atoms with Crippen molar-refractivity contribution >= 4 is 0 Å². The van der Waals surface area contributed by atoms with E-state index in [-0.39, 0.29) is 0 Å². The van der Waals surface area contributed by atoms with Crippen molar-refractivity contribution in [2.45, 2.75) is 45.1 Å². The molecule has 0 radical (unpaired) electrons. The summed E-state index contributed by atoms with van der Waals surface area (Å²) >= 11 is 0. The van der Waals surface area contributed by atoms with Crippen LogP contribution in [0.4, 0.5) is 0 Å². The van der Waals surface area contributed by atoms with E-state index in [1.165, 1.54) is 6.33 Å². The van der Waals surface area contributed by atoms with Gasteiger partial charge in [0.05, 0.1) is 41.1 Å². The lowest BCUT2D eigenvalue weighted by atomic mass is 9.75. The summed E-state index contributed by atoms with van der Waals surface area (Å²) in [5.74, 6) is 0. The molecule has 1 aromatic heterocycles. The third-order valence-electron chi connectivity index (χ3n) is 4.07. The predicted molar refractivity (Wildman–Crippen MR) is 87.6 cm³/mol. The maximum absolute atomic E-state index is 9.58. The minimum atomic E-state index is -0.803. The summed E-state index contributed by atoms with van der Waals surface area (Å²) in [6, 6.07) is 10.2. The molecule has 1 aromatic carbocycles. The van der Waals surface area contributed by atoms with Crippen LogP contribution in [0.15, 0.2) is 24.8 Å². The Kier molecular flexibility index (Phi) is 4.40. The Hall–Kier alpha value is -3.17. The van der Waals surface area contributed by atoms with Crippen molar-refractivity contribution in [1.82, 2.24) is 14.8 Å². The monoisotopic (exact) mass is 318 g/mol. The third-order valence-corrected chi connectivity index (χ3v) is 4.07. The molecule has 0 unspecified atom stereocenters. The maximum Gasteiger partial charge on any atom is 0.137 e. The molecule has 0 aliphatic rings. The van der Waals surface area contributed by atoms with Gasteiger partial charge in [-0.25, -0.2) is 9.67 Å². The molecule has 0 atom stereocenters. The summed E-state index contributed by atoms with van der Waals surface area (Å²) in [6.45, 7) is 7.59. The van der Waals surface area contributed by atoms with E-state index in [0.29, 0.717) is 12.1 Å². The SMILES string of the molecule is CC(C)(C#N)c1cc(C#N)cc(C(C)(C)C#N)c1Cn1cncn1. The number of hydrogen-bond donors (Lipinski definition) is 0. The van der Waals surface area contributed by atoms with Gasteiger partial charge in [-0.2, -0.15) is 20.9 Å². The molecular weight excluding hydrogens is 300 g/mol. The van der Waals surface area contributed by atoms with Crippen LogP contribution < -0.4 is 0 Å². The van der Waals surface area contributed by atoms with Crippen LogP contribution in [0.2, 0.25) is 0 Å². The largest absolute Gasteiger partial charge is 0.249 e. The van der Waals surface area contributed by atoms with Crippen molar-refractivity contribution < 1.29 is 0 Å². The van der Waals surface area contributed by atoms with E-state index in [4.69, 9.17) is 0 Å². The second-order valence-corrected chi connectivity index (χ2v) is 6.73. The van der Waals surface area contributed by atoms with Gasteiger partial charge in [-0.3, -0.25) is 0 Å². The van der Waals surface area contributed by atoms with Gasteiger partial charge in [0.15, 0.2) is 0 Å². The van der Waals surface area contributed by atoms with Crippen molar-refractivity contribution in [3.05, 3.63) is 47.0 Å². The van der Waals surface area contributed by atoms with Gasteiger partial charge >= 0.3 is 0 Å². The normalized spacial score (nSPS) is 11.4. The molecule has 2 aromatic rings. The lowest BCUT2D eigenvalue weighted by Crippen LogP contribution is -2.25. The Bertz CT molecular complexity index is 823. The summed E-state index contributed by atoms with van der Waals surface area (Å²) in [5, 5.41) is 32.7. The fourth-order valence-corrected chi connectivity index (χ4v) is 2.62. The van der Waals surface area contributed by atoms with E-state index in [2.05, 4.69) is 28.3 Å². The lowest BCUT2D eigenvalue weighted by Gasteiger charge is -2.27. The van der Waals surface area contributed by atoms with Gasteiger partial charge in [-0.1, -0.05) is 0 Å². The van der Waals surface area contributed by atoms with Gasteiger partial charge in [-0.05, 0) is 56.5 Å². The van der Waals surface area contributed by atoms with E-state index < -0.39 is 10.8 Å². The fraction of sp³-hybridized carbons (Fsp3) is 0.389. The molecule has 0 bridgehead atoms. The second-order valence-electron chi connectivity index (χ2n) is 6.73. The zero-order chi connectivity index (χ0) is 18.0. The molecule has 0 aliphatic carbocycles. The second kappa shape index (κ2) is 6.14. The Morgan fingerprint density at radius 1 is 1.00 bits per heavy atom. The predicted octanol–water partition coefficient (Wildman–Crippen LogP) is 2.80. The van der Waals surface area contributed by atoms with Gasteiger partial charge < -0.3 is 0 Å². The van der Waals surface area contributed by atoms with Crippen LogP contribution in [0.25, 0.3) is 0 Å². The van der Waals surface area contributed by atoms with Crippen LogP contribution in [0.3, 0.4) is 0 Å². The number of rotatable bonds is 4. The van der Waals surface area contributed by atoms with Crippen LogP contribution in [-0.2, 0) is 17.4 Å². The Labute approximate surface area is 141 Å². The quantitative estimate of drug-likeness (QED) is 0.862. The van der Waals surface area contributed by atoms with Crippen molar-refractivity contribution in [2.24, 2.45) is 0 Å². The molecule has 0 fully saturated rings. The third kappa shape index (κ3) is 3.12. The van der Waals surface area contributed by atoms with Gasteiger partial charge in [0, 0.05) is 0 Å². The van der Waals surface area contributed by atoms with Gasteiger partial charge in [-0.15, -0.1) is 0 Å². The highest BCUT2D eigenvalue weighted by atomic mass is 15.3. The fourth-order valence-electron chi connectivity index (χ4n) is 2.62. The summed E-state index contributed by atoms with van der Waals surface area (Å²) in [4.78, 5) is 3.95. The lowest BCUT2D eigenvalue weighted by molar-refractivity contribution is 0.606. The van der Waals surface area contributed by atoms with Crippen molar-refractivity contribution in [3.63, 3.8) is 0 Å². The molecule has 0 N–H and O–H groups in total. The van der Waals surface area contributed by atoms with Crippen molar-refractivity contribution in [1.29, 1.82) is 15.8 Å². The number of aromatic nitrogens is 3. The van der Waals surface area contributed by atoms with Crippen molar-refractivity contribution in [2.75, 3.05) is 0 Å². The molecule has 6 heteroatoms. The number of nitrogens with zero attached hydrogens (tertiary/aromatic N) is 6. The average Bonchev–Trinajstić information content (AvgIpc) is 3.07. The van der Waals surface area contributed by atoms with E-state index >= 15 is 0 Å². The minimum absolute atomic E-state index is 0.382. The van der Waals surface area contributed by atoms with Gasteiger partial charge in [0.1, 0.15) is 12.7 Å². The highest BCUT2D eigenvalue weighted by Crippen LogP contribution is 2.35. The molecule has 0 spiro atoms. The molecule has 24 heavy (non-hydrogen) atoms. The zero-order valence-electron chi connectivity index (χ0n) is 14.2. The van der Waals surface area contributed by atoms with Crippen molar-refractivity contribution in [3.8, 4) is 18.2 Å². The highest BCUT2D eigenvalue weighted by molar-refractivity contribution is 5.52. The van der Waals surface area contributed by atoms with E-state index in [1.807, 2.05) is 0 Å². The van der Waals surface area contributed by atoms with Gasteiger partial charge in [0.2, 0.25) is 0 Å².